The number of ketones is 1. The number of nitrogens with one attached hydrogen (secondary N) is 1. The van der Waals surface area contributed by atoms with Crippen molar-refractivity contribution in [2.24, 2.45) is 15.9 Å². The maximum absolute atomic E-state index is 14.4. The lowest BCUT2D eigenvalue weighted by Crippen LogP contribution is -2.54. The largest absolute Gasteiger partial charge is 0.444 e. The highest BCUT2D eigenvalue weighted by Crippen LogP contribution is 2.39. The third kappa shape index (κ3) is 12.8. The van der Waals surface area contributed by atoms with Crippen molar-refractivity contribution < 1.29 is 23.5 Å². The molecule has 1 aliphatic rings. The summed E-state index contributed by atoms with van der Waals surface area (Å²) in [5.74, 6) is -0.535. The second-order valence-corrected chi connectivity index (χ2v) is 20.9. The fourth-order valence-corrected chi connectivity index (χ4v) is 7.11. The third-order valence-corrected chi connectivity index (χ3v) is 14.1. The van der Waals surface area contributed by atoms with Gasteiger partial charge in [-0.3, -0.25) is 14.8 Å². The molecule has 3 atom stereocenters. The lowest BCUT2D eigenvalue weighted by atomic mass is 9.86. The number of carbonyl (C=O) groups excluding carboxylic acids is 2. The highest BCUT2D eigenvalue weighted by Gasteiger charge is 2.42. The Morgan fingerprint density at radius 3 is 1.83 bits per heavy atom. The molecule has 0 aromatic heterocycles. The number of aliphatic imine (C=N–C) groups is 2. The van der Waals surface area contributed by atoms with Crippen LogP contribution in [0.5, 0.6) is 0 Å². The molecule has 0 aliphatic carbocycles. The number of alkyl carbamates (subject to hydrolysis) is 1. The molecule has 3 aromatic rings. The van der Waals surface area contributed by atoms with Gasteiger partial charge in [-0.1, -0.05) is 112 Å². The highest BCUT2D eigenvalue weighted by molar-refractivity contribution is 6.74. The van der Waals surface area contributed by atoms with Gasteiger partial charge in [-0.25, -0.2) is 4.79 Å². The van der Waals surface area contributed by atoms with Gasteiger partial charge in [0.2, 0.25) is 0 Å². The average molecular weight is 724 g/mol. The van der Waals surface area contributed by atoms with Crippen molar-refractivity contribution in [3.05, 3.63) is 120 Å². The summed E-state index contributed by atoms with van der Waals surface area (Å²) in [6.07, 6.45) is 7.01. The first-order valence-electron chi connectivity index (χ1n) is 18.2. The molecular formula is C43H57N3O5Si. The molecule has 52 heavy (non-hydrogen) atoms. The monoisotopic (exact) mass is 723 g/mol. The van der Waals surface area contributed by atoms with E-state index < -0.39 is 43.7 Å². The van der Waals surface area contributed by atoms with Gasteiger partial charge >= 0.3 is 6.09 Å². The summed E-state index contributed by atoms with van der Waals surface area (Å²) >= 11 is 0. The zero-order valence-electron chi connectivity index (χ0n) is 32.2. The van der Waals surface area contributed by atoms with Crippen molar-refractivity contribution in [2.75, 3.05) is 6.61 Å². The number of benzene rings is 3. The van der Waals surface area contributed by atoms with E-state index >= 15 is 0 Å². The van der Waals surface area contributed by atoms with Gasteiger partial charge < -0.3 is 19.2 Å². The van der Waals surface area contributed by atoms with Gasteiger partial charge in [0.1, 0.15) is 5.60 Å². The number of hydrogen-bond acceptors (Lipinski definition) is 7. The Morgan fingerprint density at radius 1 is 0.788 bits per heavy atom. The van der Waals surface area contributed by atoms with Crippen molar-refractivity contribution in [1.82, 2.24) is 5.32 Å². The van der Waals surface area contributed by atoms with Gasteiger partial charge in [-0.05, 0) is 87.0 Å². The molecule has 0 saturated heterocycles. The minimum absolute atomic E-state index is 0.0665. The molecule has 0 bridgehead atoms. The van der Waals surface area contributed by atoms with E-state index in [0.717, 1.165) is 16.7 Å². The van der Waals surface area contributed by atoms with E-state index in [1.165, 1.54) is 0 Å². The maximum atomic E-state index is 14.4. The molecule has 1 N–H and O–H groups in total. The Hall–Kier alpha value is -4.18. The van der Waals surface area contributed by atoms with E-state index in [1.807, 2.05) is 112 Å². The number of nitrogens with zero attached hydrogens (tertiary/aromatic N) is 2. The maximum Gasteiger partial charge on any atom is 0.407 e. The predicted octanol–water partition coefficient (Wildman–Crippen LogP) is 8.96. The summed E-state index contributed by atoms with van der Waals surface area (Å²) in [6, 6.07) is 29.5. The smallest absolute Gasteiger partial charge is 0.407 e. The van der Waals surface area contributed by atoms with Gasteiger partial charge in [-0.15, -0.1) is 0 Å². The summed E-state index contributed by atoms with van der Waals surface area (Å²) < 4.78 is 19.0. The standard InChI is InChI=1S/C43H57N3O5Si/c1-41(2,3)50-40(48)46-37(29-34-20-14-10-15-21-34)39(51-52(7,8)42(4,5)6)30-36(28-33-18-12-9-13-19-33)38(47)24-25-43(44-26-27-45-43)32-49-31-35-22-16-11-17-23-35/h9-27,36-37,39H,28-32H2,1-8H3,(H,46,48)/t36-,37+,39+/m1/s1. The van der Waals surface area contributed by atoms with Crippen LogP contribution in [0.4, 0.5) is 4.79 Å². The van der Waals surface area contributed by atoms with Crippen LogP contribution in [-0.2, 0) is 38.1 Å². The Labute approximate surface area is 311 Å². The minimum Gasteiger partial charge on any atom is -0.444 e. The van der Waals surface area contributed by atoms with Gasteiger partial charge in [0, 0.05) is 18.3 Å². The Kier molecular flexibility index (Phi) is 14.1. The van der Waals surface area contributed by atoms with Crippen LogP contribution >= 0.6 is 0 Å². The van der Waals surface area contributed by atoms with Crippen LogP contribution < -0.4 is 5.32 Å². The van der Waals surface area contributed by atoms with Crippen molar-refractivity contribution in [3.8, 4) is 0 Å². The number of hydrogen-bond donors (Lipinski definition) is 1. The second kappa shape index (κ2) is 18.0. The Bertz CT molecular complexity index is 1650. The van der Waals surface area contributed by atoms with Gasteiger partial charge in [-0.2, -0.15) is 0 Å². The summed E-state index contributed by atoms with van der Waals surface area (Å²) in [5.41, 5.74) is 1.43. The normalized spacial score (nSPS) is 16.1. The fourth-order valence-electron chi connectivity index (χ4n) is 5.74. The molecule has 278 valence electrons. The molecular weight excluding hydrogens is 667 g/mol. The molecule has 3 aromatic carbocycles. The van der Waals surface area contributed by atoms with Crippen molar-refractivity contribution >= 4 is 32.6 Å². The molecule has 1 amide bonds. The molecule has 1 heterocycles. The first-order chi connectivity index (χ1) is 24.5. The Morgan fingerprint density at radius 2 is 1.31 bits per heavy atom. The summed E-state index contributed by atoms with van der Waals surface area (Å²) in [4.78, 5) is 37.0. The molecule has 0 spiro atoms. The van der Waals surface area contributed by atoms with E-state index in [4.69, 9.17) is 13.9 Å². The van der Waals surface area contributed by atoms with E-state index in [-0.39, 0.29) is 17.4 Å². The van der Waals surface area contributed by atoms with Gasteiger partial charge in [0.05, 0.1) is 25.4 Å². The average Bonchev–Trinajstić information content (AvgIpc) is 3.55. The van der Waals surface area contributed by atoms with E-state index in [1.54, 1.807) is 24.6 Å². The Balaban J connectivity index is 1.68. The molecule has 1 aliphatic heterocycles. The van der Waals surface area contributed by atoms with Crippen LogP contribution in [0, 0.1) is 5.92 Å². The molecule has 0 fully saturated rings. The zero-order chi connectivity index (χ0) is 37.8. The SMILES string of the molecule is CC(C)(C)OC(=O)N[C@@H](Cc1ccccc1)[C@H](C[C@@H](Cc1ccccc1)C(=O)C=CC1(COCc2ccccc2)N=CC=N1)O[Si](C)(C)C(C)(C)C. The first kappa shape index (κ1) is 40.6. The summed E-state index contributed by atoms with van der Waals surface area (Å²) in [7, 11) is -2.41. The minimum atomic E-state index is -2.41. The van der Waals surface area contributed by atoms with Crippen LogP contribution in [0.1, 0.15) is 64.7 Å². The number of carbonyl (C=O) groups is 2. The second-order valence-electron chi connectivity index (χ2n) is 16.1. The number of allylic oxidation sites excluding steroid dienone is 1. The van der Waals surface area contributed by atoms with Crippen LogP contribution in [-0.4, -0.2) is 62.6 Å². The van der Waals surface area contributed by atoms with Gasteiger partial charge in [0.15, 0.2) is 19.8 Å². The number of ether oxygens (including phenoxy) is 2. The van der Waals surface area contributed by atoms with Crippen LogP contribution in [0.15, 0.2) is 113 Å². The predicted molar refractivity (Wildman–Crippen MR) is 214 cm³/mol. The van der Waals surface area contributed by atoms with Gasteiger partial charge in [0.25, 0.3) is 0 Å². The molecule has 8 nitrogen and oxygen atoms in total. The zero-order valence-corrected chi connectivity index (χ0v) is 33.2. The van der Waals surface area contributed by atoms with E-state index in [2.05, 4.69) is 49.2 Å². The third-order valence-electron chi connectivity index (χ3n) is 9.55. The summed E-state index contributed by atoms with van der Waals surface area (Å²) in [5, 5.41) is 3.06. The van der Waals surface area contributed by atoms with E-state index in [9.17, 15) is 9.59 Å². The first-order valence-corrected chi connectivity index (χ1v) is 21.1. The molecule has 9 heteroatoms. The van der Waals surface area contributed by atoms with Crippen LogP contribution in [0.2, 0.25) is 18.1 Å². The van der Waals surface area contributed by atoms with Crippen LogP contribution in [0.25, 0.3) is 0 Å². The fraction of sp³-hybridized carbons (Fsp3) is 0.442. The highest BCUT2D eigenvalue weighted by atomic mass is 28.4. The van der Waals surface area contributed by atoms with Crippen molar-refractivity contribution in [1.29, 1.82) is 0 Å². The number of rotatable bonds is 17. The summed E-state index contributed by atoms with van der Waals surface area (Å²) in [6.45, 7) is 17.1. The molecule has 0 unspecified atom stereocenters. The molecule has 0 saturated carbocycles. The lowest BCUT2D eigenvalue weighted by molar-refractivity contribution is -0.119. The number of amides is 1. The lowest BCUT2D eigenvalue weighted by Gasteiger charge is -2.42. The van der Waals surface area contributed by atoms with E-state index in [0.29, 0.717) is 25.9 Å². The molecule has 0 radical (unpaired) electrons. The van der Waals surface area contributed by atoms with Crippen molar-refractivity contribution in [3.63, 3.8) is 0 Å². The molecule has 4 rings (SSSR count). The van der Waals surface area contributed by atoms with Crippen molar-refractivity contribution in [2.45, 2.75) is 109 Å². The topological polar surface area (TPSA) is 98.6 Å². The quantitative estimate of drug-likeness (QED) is 0.111. The van der Waals surface area contributed by atoms with Crippen LogP contribution in [0.3, 0.4) is 0 Å².